The van der Waals surface area contributed by atoms with Crippen LogP contribution in [0.2, 0.25) is 0 Å². The van der Waals surface area contributed by atoms with Gasteiger partial charge in [-0.25, -0.2) is 4.98 Å². The van der Waals surface area contributed by atoms with Crippen LogP contribution in [-0.4, -0.2) is 44.2 Å². The van der Waals surface area contributed by atoms with E-state index in [0.29, 0.717) is 19.6 Å². The molecule has 2 aromatic rings. The van der Waals surface area contributed by atoms with E-state index < -0.39 is 0 Å². The van der Waals surface area contributed by atoms with Crippen LogP contribution in [0.5, 0.6) is 0 Å². The number of hydrogen-bond acceptors (Lipinski definition) is 5. The van der Waals surface area contributed by atoms with Gasteiger partial charge in [0.15, 0.2) is 0 Å². The number of aryl methyl sites for hydroxylation is 1. The van der Waals surface area contributed by atoms with E-state index in [1.165, 1.54) is 5.56 Å². The number of rotatable bonds is 10. The first kappa shape index (κ1) is 18.6. The molecule has 0 saturated heterocycles. The molecule has 0 radical (unpaired) electrons. The van der Waals surface area contributed by atoms with Gasteiger partial charge in [0, 0.05) is 37.7 Å². The lowest BCUT2D eigenvalue weighted by Crippen LogP contribution is -2.33. The topological polar surface area (TPSA) is 63.2 Å². The first-order chi connectivity index (χ1) is 11.7. The van der Waals surface area contributed by atoms with Gasteiger partial charge in [-0.15, -0.1) is 11.3 Å². The summed E-state index contributed by atoms with van der Waals surface area (Å²) in [6.45, 7) is 4.95. The Morgan fingerprint density at radius 1 is 1.21 bits per heavy atom. The summed E-state index contributed by atoms with van der Waals surface area (Å²) < 4.78 is 4.94. The number of nitrogens with zero attached hydrogens (tertiary/aromatic N) is 1. The summed E-state index contributed by atoms with van der Waals surface area (Å²) >= 11 is 1.58. The Morgan fingerprint density at radius 2 is 2.00 bits per heavy atom. The highest BCUT2D eigenvalue weighted by molar-refractivity contribution is 7.13. The standard InChI is InChI=1S/C18H25N3O2S/c1-3-14-4-6-15(7-5-14)18-21-16(13-24-18)12-17(22)20-9-8-19-10-11-23-2/h4-7,13,19H,3,8-12H2,1-2H3,(H,20,22). The smallest absolute Gasteiger partial charge is 0.226 e. The minimum Gasteiger partial charge on any atom is -0.383 e. The molecule has 0 atom stereocenters. The Kier molecular flexibility index (Phi) is 7.88. The summed E-state index contributed by atoms with van der Waals surface area (Å²) in [5.41, 5.74) is 3.24. The molecule has 0 spiro atoms. The first-order valence-corrected chi connectivity index (χ1v) is 9.11. The number of aromatic nitrogens is 1. The molecule has 1 aromatic carbocycles. The van der Waals surface area contributed by atoms with Crippen molar-refractivity contribution in [3.63, 3.8) is 0 Å². The van der Waals surface area contributed by atoms with E-state index in [0.717, 1.165) is 35.8 Å². The van der Waals surface area contributed by atoms with Gasteiger partial charge in [-0.05, 0) is 12.0 Å². The predicted octanol–water partition coefficient (Wildman–Crippen LogP) is 2.27. The summed E-state index contributed by atoms with van der Waals surface area (Å²) in [6, 6.07) is 8.43. The molecular formula is C18H25N3O2S. The molecule has 5 nitrogen and oxygen atoms in total. The number of carbonyl (C=O) groups is 1. The number of carbonyl (C=O) groups excluding carboxylic acids is 1. The molecule has 0 aliphatic carbocycles. The molecular weight excluding hydrogens is 322 g/mol. The second-order valence-corrected chi connectivity index (χ2v) is 6.32. The molecule has 0 aliphatic rings. The maximum absolute atomic E-state index is 11.9. The SMILES string of the molecule is CCc1ccc(-c2nc(CC(=O)NCCNCCOC)cs2)cc1. The largest absolute Gasteiger partial charge is 0.383 e. The van der Waals surface area contributed by atoms with Crippen LogP contribution in [0.1, 0.15) is 18.2 Å². The van der Waals surface area contributed by atoms with Crippen LogP contribution in [0.4, 0.5) is 0 Å². The van der Waals surface area contributed by atoms with E-state index in [4.69, 9.17) is 4.74 Å². The molecule has 0 unspecified atom stereocenters. The van der Waals surface area contributed by atoms with Crippen molar-refractivity contribution in [2.75, 3.05) is 33.4 Å². The third-order valence-electron chi connectivity index (χ3n) is 3.61. The van der Waals surface area contributed by atoms with Crippen molar-refractivity contribution in [3.8, 4) is 10.6 Å². The maximum atomic E-state index is 11.9. The minimum absolute atomic E-state index is 0.00159. The molecule has 6 heteroatoms. The van der Waals surface area contributed by atoms with Gasteiger partial charge in [0.05, 0.1) is 18.7 Å². The number of ether oxygens (including phenoxy) is 1. The molecule has 2 N–H and O–H groups in total. The van der Waals surface area contributed by atoms with Crippen molar-refractivity contribution >= 4 is 17.2 Å². The zero-order chi connectivity index (χ0) is 17.2. The highest BCUT2D eigenvalue weighted by atomic mass is 32.1. The molecule has 0 saturated carbocycles. The third kappa shape index (κ3) is 6.03. The van der Waals surface area contributed by atoms with Crippen LogP contribution in [0.15, 0.2) is 29.6 Å². The van der Waals surface area contributed by atoms with Crippen molar-refractivity contribution < 1.29 is 9.53 Å². The van der Waals surface area contributed by atoms with Crippen molar-refractivity contribution in [2.45, 2.75) is 19.8 Å². The maximum Gasteiger partial charge on any atom is 0.226 e. The van der Waals surface area contributed by atoms with Crippen LogP contribution in [0, 0.1) is 0 Å². The van der Waals surface area contributed by atoms with Crippen LogP contribution in [-0.2, 0) is 22.4 Å². The van der Waals surface area contributed by atoms with Crippen LogP contribution < -0.4 is 10.6 Å². The average molecular weight is 347 g/mol. The van der Waals surface area contributed by atoms with Crippen molar-refractivity contribution in [1.82, 2.24) is 15.6 Å². The van der Waals surface area contributed by atoms with Crippen LogP contribution in [0.25, 0.3) is 10.6 Å². The molecule has 0 aliphatic heterocycles. The summed E-state index contributed by atoms with van der Waals surface area (Å²) in [6.07, 6.45) is 1.35. The molecule has 1 aromatic heterocycles. The lowest BCUT2D eigenvalue weighted by Gasteiger charge is -2.05. The second-order valence-electron chi connectivity index (χ2n) is 5.46. The monoisotopic (exact) mass is 347 g/mol. The summed E-state index contributed by atoms with van der Waals surface area (Å²) in [5.74, 6) is 0.00159. The van der Waals surface area contributed by atoms with Gasteiger partial charge >= 0.3 is 0 Å². The zero-order valence-corrected chi connectivity index (χ0v) is 15.1. The number of thiazole rings is 1. The normalized spacial score (nSPS) is 10.8. The molecule has 1 heterocycles. The lowest BCUT2D eigenvalue weighted by molar-refractivity contribution is -0.120. The van der Waals surface area contributed by atoms with E-state index in [1.807, 2.05) is 5.38 Å². The van der Waals surface area contributed by atoms with E-state index in [1.54, 1.807) is 18.4 Å². The van der Waals surface area contributed by atoms with Gasteiger partial charge in [0.2, 0.25) is 5.91 Å². The van der Waals surface area contributed by atoms with Gasteiger partial charge in [0.1, 0.15) is 5.01 Å². The molecule has 2 rings (SSSR count). The van der Waals surface area contributed by atoms with E-state index in [-0.39, 0.29) is 5.91 Å². The number of hydrogen-bond donors (Lipinski definition) is 2. The number of benzene rings is 1. The van der Waals surface area contributed by atoms with Gasteiger partial charge in [0.25, 0.3) is 0 Å². The third-order valence-corrected chi connectivity index (χ3v) is 4.55. The highest BCUT2D eigenvalue weighted by Gasteiger charge is 2.08. The second kappa shape index (κ2) is 10.2. The Labute approximate surface area is 147 Å². The summed E-state index contributed by atoms with van der Waals surface area (Å²) in [4.78, 5) is 16.5. The Bertz CT molecular complexity index is 625. The quantitative estimate of drug-likeness (QED) is 0.647. The van der Waals surface area contributed by atoms with Crippen LogP contribution in [0.3, 0.4) is 0 Å². The van der Waals surface area contributed by atoms with Crippen molar-refractivity contribution in [3.05, 3.63) is 40.9 Å². The van der Waals surface area contributed by atoms with E-state index >= 15 is 0 Å². The van der Waals surface area contributed by atoms with Crippen molar-refractivity contribution in [2.24, 2.45) is 0 Å². The fourth-order valence-electron chi connectivity index (χ4n) is 2.22. The fourth-order valence-corrected chi connectivity index (χ4v) is 3.05. The summed E-state index contributed by atoms with van der Waals surface area (Å²) in [5, 5.41) is 9.00. The molecule has 0 bridgehead atoms. The average Bonchev–Trinajstić information content (AvgIpc) is 3.06. The number of nitrogens with one attached hydrogen (secondary N) is 2. The van der Waals surface area contributed by atoms with Crippen LogP contribution >= 0.6 is 11.3 Å². The number of methoxy groups -OCH3 is 1. The van der Waals surface area contributed by atoms with Gasteiger partial charge in [-0.3, -0.25) is 4.79 Å². The summed E-state index contributed by atoms with van der Waals surface area (Å²) in [7, 11) is 1.67. The van der Waals surface area contributed by atoms with Gasteiger partial charge in [-0.1, -0.05) is 31.2 Å². The van der Waals surface area contributed by atoms with Crippen molar-refractivity contribution in [1.29, 1.82) is 0 Å². The zero-order valence-electron chi connectivity index (χ0n) is 14.3. The molecule has 1 amide bonds. The Morgan fingerprint density at radius 3 is 2.71 bits per heavy atom. The first-order valence-electron chi connectivity index (χ1n) is 8.23. The van der Waals surface area contributed by atoms with Gasteiger partial charge < -0.3 is 15.4 Å². The Hall–Kier alpha value is -1.76. The Balaban J connectivity index is 1.77. The highest BCUT2D eigenvalue weighted by Crippen LogP contribution is 2.24. The lowest BCUT2D eigenvalue weighted by atomic mass is 10.1. The van der Waals surface area contributed by atoms with Gasteiger partial charge in [-0.2, -0.15) is 0 Å². The predicted molar refractivity (Wildman–Crippen MR) is 98.4 cm³/mol. The fraction of sp³-hybridized carbons (Fsp3) is 0.444. The number of amides is 1. The van der Waals surface area contributed by atoms with E-state index in [2.05, 4.69) is 46.8 Å². The molecule has 130 valence electrons. The molecule has 24 heavy (non-hydrogen) atoms. The molecule has 0 fully saturated rings. The van der Waals surface area contributed by atoms with E-state index in [9.17, 15) is 4.79 Å². The minimum atomic E-state index is 0.00159.